The standard InChI is InChI=1S/C15H18O2/c1-11(2)6-7-12(3)13-8-9-14(16-4)15(10-13)17-5/h6-10H,1,3H2,2,4-5H3/b7-6-. The van der Waals surface area contributed by atoms with Gasteiger partial charge in [0.25, 0.3) is 0 Å². The van der Waals surface area contributed by atoms with Gasteiger partial charge in [0.05, 0.1) is 14.2 Å². The first-order valence-electron chi connectivity index (χ1n) is 5.33. The number of allylic oxidation sites excluding steroid dienone is 4. The minimum absolute atomic E-state index is 0.704. The van der Waals surface area contributed by atoms with Gasteiger partial charge in [0.15, 0.2) is 11.5 Å². The first kappa shape index (κ1) is 13.1. The molecule has 0 heterocycles. The molecule has 1 rings (SSSR count). The molecule has 0 unspecified atom stereocenters. The number of methoxy groups -OCH3 is 2. The molecule has 1 aromatic rings. The van der Waals surface area contributed by atoms with Crippen molar-refractivity contribution < 1.29 is 9.47 Å². The van der Waals surface area contributed by atoms with Gasteiger partial charge in [0, 0.05) is 0 Å². The van der Waals surface area contributed by atoms with Gasteiger partial charge < -0.3 is 9.47 Å². The second kappa shape index (κ2) is 5.94. The molecule has 2 heteroatoms. The Morgan fingerprint density at radius 1 is 1.06 bits per heavy atom. The van der Waals surface area contributed by atoms with Crippen LogP contribution in [-0.4, -0.2) is 14.2 Å². The van der Waals surface area contributed by atoms with Crippen molar-refractivity contribution in [1.29, 1.82) is 0 Å². The van der Waals surface area contributed by atoms with E-state index in [-0.39, 0.29) is 0 Å². The minimum atomic E-state index is 0.704. The smallest absolute Gasteiger partial charge is 0.161 e. The molecule has 0 aliphatic rings. The van der Waals surface area contributed by atoms with E-state index in [2.05, 4.69) is 13.2 Å². The molecule has 0 amide bonds. The predicted molar refractivity (Wildman–Crippen MR) is 72.5 cm³/mol. The number of benzene rings is 1. The van der Waals surface area contributed by atoms with Gasteiger partial charge in [-0.15, -0.1) is 0 Å². The van der Waals surface area contributed by atoms with Crippen LogP contribution in [0.25, 0.3) is 5.57 Å². The maximum absolute atomic E-state index is 5.24. The van der Waals surface area contributed by atoms with Crippen molar-refractivity contribution in [3.8, 4) is 11.5 Å². The third kappa shape index (κ3) is 3.52. The van der Waals surface area contributed by atoms with Crippen molar-refractivity contribution in [1.82, 2.24) is 0 Å². The summed E-state index contributed by atoms with van der Waals surface area (Å²) in [6.07, 6.45) is 3.86. The Balaban J connectivity index is 2.99. The van der Waals surface area contributed by atoms with Crippen LogP contribution in [0.4, 0.5) is 0 Å². The van der Waals surface area contributed by atoms with Crippen LogP contribution in [0.3, 0.4) is 0 Å². The predicted octanol–water partition coefficient (Wildman–Crippen LogP) is 3.85. The molecule has 0 bridgehead atoms. The van der Waals surface area contributed by atoms with Crippen LogP contribution in [0.1, 0.15) is 12.5 Å². The van der Waals surface area contributed by atoms with Gasteiger partial charge in [-0.05, 0) is 30.2 Å². The Kier molecular flexibility index (Phi) is 4.58. The molecule has 90 valence electrons. The van der Waals surface area contributed by atoms with Crippen molar-refractivity contribution in [3.63, 3.8) is 0 Å². The van der Waals surface area contributed by atoms with E-state index >= 15 is 0 Å². The quantitative estimate of drug-likeness (QED) is 0.715. The maximum Gasteiger partial charge on any atom is 0.161 e. The van der Waals surface area contributed by atoms with Gasteiger partial charge in [0.2, 0.25) is 0 Å². The number of hydrogen-bond donors (Lipinski definition) is 0. The molecule has 1 aromatic carbocycles. The largest absolute Gasteiger partial charge is 0.493 e. The molecule has 17 heavy (non-hydrogen) atoms. The van der Waals surface area contributed by atoms with Crippen molar-refractivity contribution in [2.45, 2.75) is 6.92 Å². The highest BCUT2D eigenvalue weighted by atomic mass is 16.5. The molecule has 0 saturated carbocycles. The maximum atomic E-state index is 5.24. The Morgan fingerprint density at radius 3 is 2.24 bits per heavy atom. The molecule has 0 aromatic heterocycles. The summed E-state index contributed by atoms with van der Waals surface area (Å²) in [6.45, 7) is 9.76. The van der Waals surface area contributed by atoms with E-state index in [1.807, 2.05) is 37.3 Å². The van der Waals surface area contributed by atoms with E-state index in [4.69, 9.17) is 9.47 Å². The van der Waals surface area contributed by atoms with E-state index in [1.165, 1.54) is 0 Å². The summed E-state index contributed by atoms with van der Waals surface area (Å²) >= 11 is 0. The summed E-state index contributed by atoms with van der Waals surface area (Å²) in [4.78, 5) is 0. The second-order valence-electron chi connectivity index (χ2n) is 3.77. The summed E-state index contributed by atoms with van der Waals surface area (Å²) in [5, 5.41) is 0. The topological polar surface area (TPSA) is 18.5 Å². The molecule has 0 saturated heterocycles. The van der Waals surface area contributed by atoms with Crippen LogP contribution in [0, 0.1) is 0 Å². The molecular formula is C15H18O2. The van der Waals surface area contributed by atoms with Gasteiger partial charge in [0.1, 0.15) is 0 Å². The van der Waals surface area contributed by atoms with Crippen molar-refractivity contribution in [3.05, 3.63) is 54.6 Å². The van der Waals surface area contributed by atoms with Gasteiger partial charge in [-0.25, -0.2) is 0 Å². The Bertz CT molecular complexity index is 456. The summed E-state index contributed by atoms with van der Waals surface area (Å²) in [6, 6.07) is 5.73. The molecule has 0 aliphatic heterocycles. The van der Waals surface area contributed by atoms with Gasteiger partial charge in [-0.3, -0.25) is 0 Å². The summed E-state index contributed by atoms with van der Waals surface area (Å²) < 4.78 is 10.4. The highest BCUT2D eigenvalue weighted by molar-refractivity contribution is 5.74. The summed E-state index contributed by atoms with van der Waals surface area (Å²) in [5.41, 5.74) is 2.90. The van der Waals surface area contributed by atoms with Crippen LogP contribution in [0.2, 0.25) is 0 Å². The van der Waals surface area contributed by atoms with Crippen LogP contribution in [0.5, 0.6) is 11.5 Å². The normalized spacial score (nSPS) is 10.3. The Morgan fingerprint density at radius 2 is 1.71 bits per heavy atom. The fraction of sp³-hybridized carbons (Fsp3) is 0.200. The Hall–Kier alpha value is -1.96. The Labute approximate surface area is 103 Å². The summed E-state index contributed by atoms with van der Waals surface area (Å²) in [5.74, 6) is 1.42. The van der Waals surface area contributed by atoms with Crippen molar-refractivity contribution in [2.24, 2.45) is 0 Å². The van der Waals surface area contributed by atoms with Crippen molar-refractivity contribution in [2.75, 3.05) is 14.2 Å². The highest BCUT2D eigenvalue weighted by Gasteiger charge is 2.05. The zero-order valence-electron chi connectivity index (χ0n) is 10.6. The van der Waals surface area contributed by atoms with E-state index in [0.29, 0.717) is 11.5 Å². The van der Waals surface area contributed by atoms with Gasteiger partial charge in [-0.2, -0.15) is 0 Å². The third-order valence-electron chi connectivity index (χ3n) is 2.32. The van der Waals surface area contributed by atoms with Crippen LogP contribution in [-0.2, 0) is 0 Å². The molecule has 0 fully saturated rings. The number of hydrogen-bond acceptors (Lipinski definition) is 2. The van der Waals surface area contributed by atoms with E-state index in [1.54, 1.807) is 14.2 Å². The lowest BCUT2D eigenvalue weighted by Gasteiger charge is -2.09. The molecule has 0 spiro atoms. The van der Waals surface area contributed by atoms with Gasteiger partial charge >= 0.3 is 0 Å². The lowest BCUT2D eigenvalue weighted by molar-refractivity contribution is 0.355. The number of rotatable bonds is 5. The molecule has 0 atom stereocenters. The molecule has 2 nitrogen and oxygen atoms in total. The minimum Gasteiger partial charge on any atom is -0.493 e. The van der Waals surface area contributed by atoms with E-state index < -0.39 is 0 Å². The zero-order chi connectivity index (χ0) is 12.8. The fourth-order valence-electron chi connectivity index (χ4n) is 1.38. The fourth-order valence-corrected chi connectivity index (χ4v) is 1.38. The first-order chi connectivity index (χ1) is 8.08. The lowest BCUT2D eigenvalue weighted by atomic mass is 10.1. The molecule has 0 aliphatic carbocycles. The summed E-state index contributed by atoms with van der Waals surface area (Å²) in [7, 11) is 3.24. The van der Waals surface area contributed by atoms with E-state index in [0.717, 1.165) is 16.7 Å². The van der Waals surface area contributed by atoms with Crippen molar-refractivity contribution >= 4 is 5.57 Å². The monoisotopic (exact) mass is 230 g/mol. The van der Waals surface area contributed by atoms with Crippen LogP contribution in [0.15, 0.2) is 49.1 Å². The SMILES string of the molecule is C=C(C)/C=C\C(=C)c1ccc(OC)c(OC)c1. The van der Waals surface area contributed by atoms with Crippen LogP contribution < -0.4 is 9.47 Å². The average Bonchev–Trinajstić information content (AvgIpc) is 2.34. The lowest BCUT2D eigenvalue weighted by Crippen LogP contribution is -1.91. The van der Waals surface area contributed by atoms with Crippen LogP contribution >= 0.6 is 0 Å². The molecular weight excluding hydrogens is 212 g/mol. The second-order valence-corrected chi connectivity index (χ2v) is 3.77. The molecule has 0 radical (unpaired) electrons. The van der Waals surface area contributed by atoms with E-state index in [9.17, 15) is 0 Å². The average molecular weight is 230 g/mol. The number of ether oxygens (including phenoxy) is 2. The zero-order valence-corrected chi connectivity index (χ0v) is 10.6. The highest BCUT2D eigenvalue weighted by Crippen LogP contribution is 2.30. The molecule has 0 N–H and O–H groups in total. The first-order valence-corrected chi connectivity index (χ1v) is 5.33. The third-order valence-corrected chi connectivity index (χ3v) is 2.32. The van der Waals surface area contributed by atoms with Gasteiger partial charge in [-0.1, -0.05) is 36.9 Å².